The van der Waals surface area contributed by atoms with Crippen molar-refractivity contribution < 1.29 is 17.9 Å². The van der Waals surface area contributed by atoms with E-state index in [1.807, 2.05) is 0 Å². The van der Waals surface area contributed by atoms with E-state index in [9.17, 15) is 8.42 Å². The van der Waals surface area contributed by atoms with Gasteiger partial charge in [-0.25, -0.2) is 13.1 Å². The molecule has 2 unspecified atom stereocenters. The fourth-order valence-electron chi connectivity index (χ4n) is 2.71. The van der Waals surface area contributed by atoms with Crippen LogP contribution in [0.4, 0.5) is 0 Å². The molecule has 1 heterocycles. The molecule has 2 aliphatic rings. The molecule has 21 heavy (non-hydrogen) atoms. The van der Waals surface area contributed by atoms with Gasteiger partial charge >= 0.3 is 0 Å². The molecule has 3 rings (SSSR count). The van der Waals surface area contributed by atoms with Gasteiger partial charge < -0.3 is 9.47 Å². The number of fused-ring (bicyclic) bond motifs is 1. The molecule has 1 aromatic rings. The predicted molar refractivity (Wildman–Crippen MR) is 79.6 cm³/mol. The normalized spacial score (nSPS) is 25.0. The van der Waals surface area contributed by atoms with Crippen LogP contribution in [0.2, 0.25) is 0 Å². The van der Waals surface area contributed by atoms with Crippen LogP contribution in [0.5, 0.6) is 11.5 Å². The molecule has 1 fully saturated rings. The third-order valence-corrected chi connectivity index (χ3v) is 5.92. The lowest BCUT2D eigenvalue weighted by atomic mass is 10.1. The van der Waals surface area contributed by atoms with Gasteiger partial charge in [0.25, 0.3) is 0 Å². The van der Waals surface area contributed by atoms with Gasteiger partial charge in [0.2, 0.25) is 10.0 Å². The average Bonchev–Trinajstić information content (AvgIpc) is 2.90. The van der Waals surface area contributed by atoms with Crippen LogP contribution in [-0.4, -0.2) is 33.6 Å². The zero-order valence-corrected chi connectivity index (χ0v) is 13.1. The monoisotopic (exact) mass is 331 g/mol. The minimum absolute atomic E-state index is 0.0629. The summed E-state index contributed by atoms with van der Waals surface area (Å²) in [5.41, 5.74) is 0. The highest BCUT2D eigenvalue weighted by Gasteiger charge is 2.27. The van der Waals surface area contributed by atoms with Crippen molar-refractivity contribution in [3.8, 4) is 11.5 Å². The second kappa shape index (κ2) is 6.02. The average molecular weight is 332 g/mol. The fourth-order valence-corrected chi connectivity index (χ4v) is 4.19. The first-order chi connectivity index (χ1) is 10.1. The minimum atomic E-state index is -3.55. The summed E-state index contributed by atoms with van der Waals surface area (Å²) < 4.78 is 38.1. The third kappa shape index (κ3) is 3.27. The van der Waals surface area contributed by atoms with E-state index in [0.29, 0.717) is 31.3 Å². The van der Waals surface area contributed by atoms with Crippen LogP contribution in [0, 0.1) is 5.92 Å². The quantitative estimate of drug-likeness (QED) is 0.859. The van der Waals surface area contributed by atoms with E-state index >= 15 is 0 Å². The van der Waals surface area contributed by atoms with E-state index < -0.39 is 10.0 Å². The van der Waals surface area contributed by atoms with Crippen LogP contribution in [0.25, 0.3) is 0 Å². The second-order valence-corrected chi connectivity index (χ2v) is 7.69. The van der Waals surface area contributed by atoms with Crippen molar-refractivity contribution >= 4 is 21.6 Å². The number of hydrogen-bond donors (Lipinski definition) is 1. The molecular formula is C14H18ClNO4S. The van der Waals surface area contributed by atoms with Crippen molar-refractivity contribution in [3.05, 3.63) is 18.2 Å². The van der Waals surface area contributed by atoms with Gasteiger partial charge in [0.15, 0.2) is 11.5 Å². The van der Waals surface area contributed by atoms with Gasteiger partial charge in [-0.3, -0.25) is 0 Å². The lowest BCUT2D eigenvalue weighted by Gasteiger charge is -2.19. The number of rotatable bonds is 4. The Hall–Kier alpha value is -0.980. The van der Waals surface area contributed by atoms with E-state index in [-0.39, 0.29) is 16.2 Å². The highest BCUT2D eigenvalue weighted by Crippen LogP contribution is 2.33. The van der Waals surface area contributed by atoms with Gasteiger partial charge in [-0.2, -0.15) is 0 Å². The minimum Gasteiger partial charge on any atom is -0.486 e. The maximum atomic E-state index is 12.3. The van der Waals surface area contributed by atoms with Crippen molar-refractivity contribution in [1.82, 2.24) is 4.72 Å². The molecule has 1 N–H and O–H groups in total. The van der Waals surface area contributed by atoms with Gasteiger partial charge in [-0.05, 0) is 30.9 Å². The number of benzene rings is 1. The first-order valence-electron chi connectivity index (χ1n) is 7.10. The maximum Gasteiger partial charge on any atom is 0.240 e. The Morgan fingerprint density at radius 3 is 2.67 bits per heavy atom. The maximum absolute atomic E-state index is 12.3. The van der Waals surface area contributed by atoms with Crippen LogP contribution in [0.3, 0.4) is 0 Å². The molecular weight excluding hydrogens is 314 g/mol. The van der Waals surface area contributed by atoms with Crippen LogP contribution >= 0.6 is 11.6 Å². The molecule has 0 spiro atoms. The molecule has 1 aliphatic heterocycles. The number of sulfonamides is 1. The summed E-state index contributed by atoms with van der Waals surface area (Å²) >= 11 is 6.18. The lowest BCUT2D eigenvalue weighted by molar-refractivity contribution is 0.171. The van der Waals surface area contributed by atoms with E-state index in [4.69, 9.17) is 21.1 Å². The van der Waals surface area contributed by atoms with E-state index in [1.54, 1.807) is 6.07 Å². The Kier molecular flexibility index (Phi) is 4.28. The Balaban J connectivity index is 1.72. The van der Waals surface area contributed by atoms with Crippen molar-refractivity contribution in [2.45, 2.75) is 29.5 Å². The molecule has 2 atom stereocenters. The smallest absolute Gasteiger partial charge is 0.240 e. The third-order valence-electron chi connectivity index (χ3n) is 3.93. The molecule has 1 aliphatic carbocycles. The summed E-state index contributed by atoms with van der Waals surface area (Å²) in [6, 6.07) is 4.66. The van der Waals surface area contributed by atoms with E-state index in [1.165, 1.54) is 12.1 Å². The van der Waals surface area contributed by atoms with Gasteiger partial charge in [0.05, 0.1) is 4.90 Å². The molecule has 1 saturated carbocycles. The van der Waals surface area contributed by atoms with Crippen LogP contribution < -0.4 is 14.2 Å². The Labute approximate surface area is 129 Å². The predicted octanol–water partition coefficient (Wildman–Crippen LogP) is 2.14. The Morgan fingerprint density at radius 1 is 1.19 bits per heavy atom. The molecule has 0 amide bonds. The summed E-state index contributed by atoms with van der Waals surface area (Å²) in [4.78, 5) is 0.191. The summed E-state index contributed by atoms with van der Waals surface area (Å²) in [7, 11) is -3.55. The van der Waals surface area contributed by atoms with Gasteiger partial charge in [0, 0.05) is 18.0 Å². The fraction of sp³-hybridized carbons (Fsp3) is 0.571. The molecule has 7 heteroatoms. The molecule has 0 radical (unpaired) electrons. The van der Waals surface area contributed by atoms with Crippen LogP contribution in [-0.2, 0) is 10.0 Å². The standard InChI is InChI=1S/C14H18ClNO4S/c15-12-3-1-2-10(12)9-16-21(17,18)11-4-5-13-14(8-11)20-7-6-19-13/h4-5,8,10,12,16H,1-3,6-7,9H2. The second-order valence-electron chi connectivity index (χ2n) is 5.36. The molecule has 1 aromatic carbocycles. The number of ether oxygens (including phenoxy) is 2. The number of hydrogen-bond acceptors (Lipinski definition) is 4. The Bertz CT molecular complexity index is 619. The highest BCUT2D eigenvalue weighted by atomic mass is 35.5. The van der Waals surface area contributed by atoms with E-state index in [0.717, 1.165) is 19.3 Å². The Morgan fingerprint density at radius 2 is 1.95 bits per heavy atom. The van der Waals surface area contributed by atoms with Crippen molar-refractivity contribution in [1.29, 1.82) is 0 Å². The molecule has 0 aromatic heterocycles. The van der Waals surface area contributed by atoms with Crippen LogP contribution in [0.1, 0.15) is 19.3 Å². The molecule has 0 saturated heterocycles. The molecule has 116 valence electrons. The summed E-state index contributed by atoms with van der Waals surface area (Å²) in [5.74, 6) is 1.26. The molecule has 0 bridgehead atoms. The van der Waals surface area contributed by atoms with Crippen LogP contribution in [0.15, 0.2) is 23.1 Å². The first kappa shape index (κ1) is 14.9. The lowest BCUT2D eigenvalue weighted by Crippen LogP contribution is -2.31. The number of alkyl halides is 1. The van der Waals surface area contributed by atoms with Gasteiger partial charge in [-0.1, -0.05) is 6.42 Å². The molecule has 5 nitrogen and oxygen atoms in total. The number of nitrogens with one attached hydrogen (secondary N) is 1. The first-order valence-corrected chi connectivity index (χ1v) is 9.01. The largest absolute Gasteiger partial charge is 0.486 e. The summed E-state index contributed by atoms with van der Waals surface area (Å²) in [6.45, 7) is 1.29. The zero-order chi connectivity index (χ0) is 14.9. The topological polar surface area (TPSA) is 64.6 Å². The highest BCUT2D eigenvalue weighted by molar-refractivity contribution is 7.89. The van der Waals surface area contributed by atoms with Crippen molar-refractivity contribution in [2.24, 2.45) is 5.92 Å². The van der Waals surface area contributed by atoms with Crippen molar-refractivity contribution in [2.75, 3.05) is 19.8 Å². The van der Waals surface area contributed by atoms with Gasteiger partial charge in [-0.15, -0.1) is 11.6 Å². The number of halogens is 1. The van der Waals surface area contributed by atoms with Gasteiger partial charge in [0.1, 0.15) is 13.2 Å². The summed E-state index contributed by atoms with van der Waals surface area (Å²) in [6.07, 6.45) is 2.99. The SMILES string of the molecule is O=S(=O)(NCC1CCCC1Cl)c1ccc2c(c1)OCCO2. The summed E-state index contributed by atoms with van der Waals surface area (Å²) in [5, 5.41) is 0.0629. The van der Waals surface area contributed by atoms with Crippen molar-refractivity contribution in [3.63, 3.8) is 0 Å². The zero-order valence-electron chi connectivity index (χ0n) is 11.5. The van der Waals surface area contributed by atoms with E-state index in [2.05, 4.69) is 4.72 Å².